The van der Waals surface area contributed by atoms with Crippen molar-refractivity contribution in [3.63, 3.8) is 0 Å². The minimum Gasteiger partial charge on any atom is -0.349 e. The number of pyridine rings is 1. The molecule has 2 heterocycles. The summed E-state index contributed by atoms with van der Waals surface area (Å²) in [6, 6.07) is 3.92. The van der Waals surface area contributed by atoms with Crippen molar-refractivity contribution in [3.05, 3.63) is 42.6 Å². The lowest BCUT2D eigenvalue weighted by Crippen LogP contribution is -2.46. The van der Waals surface area contributed by atoms with E-state index in [2.05, 4.69) is 36.1 Å². The first kappa shape index (κ1) is 16.7. The minimum atomic E-state index is -0.0270. The smallest absolute Gasteiger partial charge is 0.253 e. The highest BCUT2D eigenvalue weighted by molar-refractivity contribution is 5.94. The van der Waals surface area contributed by atoms with Gasteiger partial charge in [0.1, 0.15) is 12.1 Å². The Balaban J connectivity index is 1.70. The van der Waals surface area contributed by atoms with E-state index in [-0.39, 0.29) is 17.4 Å². The molecule has 1 fully saturated rings. The monoisotopic (exact) mass is 326 g/mol. The normalized spacial score (nSPS) is 21.5. The molecule has 1 N–H and O–H groups in total. The topological polar surface area (TPSA) is 59.8 Å². The van der Waals surface area contributed by atoms with Crippen LogP contribution in [0.3, 0.4) is 0 Å². The predicted molar refractivity (Wildman–Crippen MR) is 94.0 cm³/mol. The van der Waals surface area contributed by atoms with Crippen molar-refractivity contribution in [2.45, 2.75) is 52.5 Å². The zero-order chi connectivity index (χ0) is 17.2. The van der Waals surface area contributed by atoms with E-state index in [0.717, 1.165) is 12.2 Å². The van der Waals surface area contributed by atoms with Gasteiger partial charge in [-0.15, -0.1) is 0 Å². The molecule has 1 aliphatic carbocycles. The lowest BCUT2D eigenvalue weighted by molar-refractivity contribution is 0.0829. The van der Waals surface area contributed by atoms with Crippen molar-refractivity contribution in [3.8, 4) is 5.82 Å². The second-order valence-electron chi connectivity index (χ2n) is 7.71. The van der Waals surface area contributed by atoms with E-state index >= 15 is 0 Å². The van der Waals surface area contributed by atoms with Gasteiger partial charge in [0, 0.05) is 24.6 Å². The number of rotatable bonds is 3. The van der Waals surface area contributed by atoms with E-state index in [0.29, 0.717) is 11.5 Å². The molecule has 0 unspecified atom stereocenters. The van der Waals surface area contributed by atoms with Gasteiger partial charge < -0.3 is 5.32 Å². The van der Waals surface area contributed by atoms with E-state index in [1.165, 1.54) is 19.3 Å². The van der Waals surface area contributed by atoms with Crippen molar-refractivity contribution in [1.29, 1.82) is 0 Å². The van der Waals surface area contributed by atoms with E-state index in [1.54, 1.807) is 18.7 Å². The molecule has 2 aromatic rings. The molecule has 128 valence electrons. The highest BCUT2D eigenvalue weighted by atomic mass is 16.1. The van der Waals surface area contributed by atoms with Gasteiger partial charge in [0.05, 0.1) is 5.56 Å². The number of nitrogens with one attached hydrogen (secondary N) is 1. The van der Waals surface area contributed by atoms with Crippen LogP contribution in [-0.4, -0.2) is 26.5 Å². The molecule has 5 heteroatoms. The standard InChI is InChI=1S/C19H26N4O/c1-19(2,3)15-6-4-5-7-16(15)22-18(24)14-8-9-17(21-12-14)23-11-10-20-13-23/h8-13,15-16H,4-7H2,1-3H3,(H,22,24)/t15-,16-/m0/s1. The number of aromatic nitrogens is 3. The van der Waals surface area contributed by atoms with Crippen LogP contribution in [0.5, 0.6) is 0 Å². The third kappa shape index (κ3) is 3.66. The first-order chi connectivity index (χ1) is 11.4. The Morgan fingerprint density at radius 1 is 1.25 bits per heavy atom. The van der Waals surface area contributed by atoms with E-state index in [1.807, 2.05) is 22.9 Å². The average Bonchev–Trinajstić information content (AvgIpc) is 3.09. The Labute approximate surface area is 143 Å². The third-order valence-electron chi connectivity index (χ3n) is 4.97. The maximum absolute atomic E-state index is 12.6. The lowest BCUT2D eigenvalue weighted by Gasteiger charge is -2.40. The van der Waals surface area contributed by atoms with Gasteiger partial charge in [-0.1, -0.05) is 33.6 Å². The largest absolute Gasteiger partial charge is 0.349 e. The summed E-state index contributed by atoms with van der Waals surface area (Å²) in [5.74, 6) is 1.25. The molecule has 0 aliphatic heterocycles. The van der Waals surface area contributed by atoms with E-state index in [4.69, 9.17) is 0 Å². The number of imidazole rings is 1. The highest BCUT2D eigenvalue weighted by Gasteiger charge is 2.35. The first-order valence-corrected chi connectivity index (χ1v) is 8.70. The molecule has 1 aliphatic rings. The summed E-state index contributed by atoms with van der Waals surface area (Å²) >= 11 is 0. The molecule has 0 radical (unpaired) electrons. The number of amides is 1. The van der Waals surface area contributed by atoms with Crippen LogP contribution in [0.4, 0.5) is 0 Å². The first-order valence-electron chi connectivity index (χ1n) is 8.70. The van der Waals surface area contributed by atoms with Gasteiger partial charge in [0.2, 0.25) is 0 Å². The summed E-state index contributed by atoms with van der Waals surface area (Å²) in [6.07, 6.45) is 11.6. The summed E-state index contributed by atoms with van der Waals surface area (Å²) in [6.45, 7) is 6.80. The Bertz CT molecular complexity index is 670. The molecule has 1 saturated carbocycles. The zero-order valence-corrected chi connectivity index (χ0v) is 14.7. The fraction of sp³-hybridized carbons (Fsp3) is 0.526. The zero-order valence-electron chi connectivity index (χ0n) is 14.7. The number of hydrogen-bond acceptors (Lipinski definition) is 3. The van der Waals surface area contributed by atoms with Crippen LogP contribution < -0.4 is 5.32 Å². The van der Waals surface area contributed by atoms with Crippen LogP contribution >= 0.6 is 0 Å². The van der Waals surface area contributed by atoms with Crippen molar-refractivity contribution < 1.29 is 4.79 Å². The second-order valence-corrected chi connectivity index (χ2v) is 7.71. The molecule has 1 amide bonds. The Hall–Kier alpha value is -2.17. The summed E-state index contributed by atoms with van der Waals surface area (Å²) in [4.78, 5) is 21.0. The summed E-state index contributed by atoms with van der Waals surface area (Å²) in [7, 11) is 0. The Morgan fingerprint density at radius 3 is 2.67 bits per heavy atom. The molecule has 0 spiro atoms. The molecule has 2 aromatic heterocycles. The van der Waals surface area contributed by atoms with Crippen LogP contribution in [0, 0.1) is 11.3 Å². The number of hydrogen-bond donors (Lipinski definition) is 1. The molecule has 5 nitrogen and oxygen atoms in total. The van der Waals surface area contributed by atoms with Gasteiger partial charge >= 0.3 is 0 Å². The van der Waals surface area contributed by atoms with Gasteiger partial charge in [-0.25, -0.2) is 9.97 Å². The van der Waals surface area contributed by atoms with Gasteiger partial charge in [-0.05, 0) is 36.3 Å². The maximum atomic E-state index is 12.6. The summed E-state index contributed by atoms with van der Waals surface area (Å²) < 4.78 is 1.82. The molecule has 0 bridgehead atoms. The number of nitrogens with zero attached hydrogens (tertiary/aromatic N) is 3. The quantitative estimate of drug-likeness (QED) is 0.937. The molecular weight excluding hydrogens is 300 g/mol. The van der Waals surface area contributed by atoms with Crippen molar-refractivity contribution in [2.24, 2.45) is 11.3 Å². The highest BCUT2D eigenvalue weighted by Crippen LogP contribution is 2.38. The molecule has 0 aromatic carbocycles. The summed E-state index contributed by atoms with van der Waals surface area (Å²) in [5.41, 5.74) is 0.819. The van der Waals surface area contributed by atoms with Crippen LogP contribution in [0.1, 0.15) is 56.8 Å². The molecule has 24 heavy (non-hydrogen) atoms. The number of carbonyl (C=O) groups is 1. The van der Waals surface area contributed by atoms with E-state index in [9.17, 15) is 4.79 Å². The van der Waals surface area contributed by atoms with Crippen LogP contribution in [0.15, 0.2) is 37.1 Å². The van der Waals surface area contributed by atoms with Crippen LogP contribution in [0.25, 0.3) is 5.82 Å². The Kier molecular flexibility index (Phi) is 4.69. The van der Waals surface area contributed by atoms with Crippen molar-refractivity contribution >= 4 is 5.91 Å². The molecule has 3 rings (SSSR count). The third-order valence-corrected chi connectivity index (χ3v) is 4.97. The minimum absolute atomic E-state index is 0.0270. The molecule has 2 atom stereocenters. The Morgan fingerprint density at radius 2 is 2.04 bits per heavy atom. The summed E-state index contributed by atoms with van der Waals surface area (Å²) in [5, 5.41) is 3.25. The van der Waals surface area contributed by atoms with Gasteiger partial charge in [0.15, 0.2) is 0 Å². The van der Waals surface area contributed by atoms with Crippen molar-refractivity contribution in [2.75, 3.05) is 0 Å². The van der Waals surface area contributed by atoms with Gasteiger partial charge in [0.25, 0.3) is 5.91 Å². The SMILES string of the molecule is CC(C)(C)[C@H]1CCCC[C@@H]1NC(=O)c1ccc(-n2ccnc2)nc1. The second kappa shape index (κ2) is 6.75. The fourth-order valence-electron chi connectivity index (χ4n) is 3.66. The maximum Gasteiger partial charge on any atom is 0.253 e. The van der Waals surface area contributed by atoms with Crippen LogP contribution in [-0.2, 0) is 0 Å². The fourth-order valence-corrected chi connectivity index (χ4v) is 3.66. The average molecular weight is 326 g/mol. The van der Waals surface area contributed by atoms with Crippen LogP contribution in [0.2, 0.25) is 0 Å². The number of carbonyl (C=O) groups excluding carboxylic acids is 1. The molecule has 0 saturated heterocycles. The lowest BCUT2D eigenvalue weighted by atomic mass is 9.69. The van der Waals surface area contributed by atoms with Crippen molar-refractivity contribution in [1.82, 2.24) is 19.9 Å². The van der Waals surface area contributed by atoms with Gasteiger partial charge in [-0.2, -0.15) is 0 Å². The predicted octanol–water partition coefficient (Wildman–Crippen LogP) is 3.60. The van der Waals surface area contributed by atoms with Gasteiger partial charge in [-0.3, -0.25) is 9.36 Å². The molecular formula is C19H26N4O. The van der Waals surface area contributed by atoms with E-state index < -0.39 is 0 Å².